The minimum Gasteiger partial charge on any atom is -0.454 e. The van der Waals surface area contributed by atoms with Crippen LogP contribution in [-0.4, -0.2) is 63.4 Å². The van der Waals surface area contributed by atoms with Crippen LogP contribution in [0.5, 0.6) is 11.5 Å². The van der Waals surface area contributed by atoms with Gasteiger partial charge in [-0.2, -0.15) is 9.50 Å². The standard InChI is InChI=1S/C22H26N6O3/c1-3-15(4-2)20(29)26-9-11-27(12-10-26)22-24-21-23-8-7-17(28(21)25-22)16-5-6-18-19(13-16)31-14-30-18/h5-8,13,15H,3-4,9-12,14H2,1-2H3. The van der Waals surface area contributed by atoms with Crippen molar-refractivity contribution in [2.45, 2.75) is 26.7 Å². The maximum Gasteiger partial charge on any atom is 0.254 e. The third-order valence-electron chi connectivity index (χ3n) is 6.11. The average Bonchev–Trinajstić information content (AvgIpc) is 3.46. The van der Waals surface area contributed by atoms with Gasteiger partial charge in [-0.1, -0.05) is 13.8 Å². The maximum absolute atomic E-state index is 12.7. The van der Waals surface area contributed by atoms with E-state index in [1.54, 1.807) is 10.7 Å². The lowest BCUT2D eigenvalue weighted by atomic mass is 10.0. The van der Waals surface area contributed by atoms with E-state index in [0.29, 0.717) is 37.9 Å². The molecule has 3 aromatic rings. The Morgan fingerprint density at radius 3 is 2.61 bits per heavy atom. The molecule has 162 valence electrons. The van der Waals surface area contributed by atoms with Crippen molar-refractivity contribution in [3.05, 3.63) is 30.5 Å². The molecule has 4 heterocycles. The number of anilines is 1. The van der Waals surface area contributed by atoms with E-state index in [4.69, 9.17) is 14.6 Å². The van der Waals surface area contributed by atoms with Gasteiger partial charge in [0.15, 0.2) is 11.5 Å². The summed E-state index contributed by atoms with van der Waals surface area (Å²) in [7, 11) is 0. The van der Waals surface area contributed by atoms with Gasteiger partial charge in [0, 0.05) is 43.9 Å². The van der Waals surface area contributed by atoms with E-state index in [1.807, 2.05) is 29.2 Å². The summed E-state index contributed by atoms with van der Waals surface area (Å²) in [5.41, 5.74) is 1.83. The molecule has 1 saturated heterocycles. The van der Waals surface area contributed by atoms with E-state index in [2.05, 4.69) is 28.7 Å². The Balaban J connectivity index is 1.37. The highest BCUT2D eigenvalue weighted by Gasteiger charge is 2.27. The predicted octanol–water partition coefficient (Wildman–Crippen LogP) is 2.60. The highest BCUT2D eigenvalue weighted by atomic mass is 16.7. The number of nitrogens with zero attached hydrogens (tertiary/aromatic N) is 6. The van der Waals surface area contributed by atoms with Crippen LogP contribution in [-0.2, 0) is 4.79 Å². The van der Waals surface area contributed by atoms with Gasteiger partial charge >= 0.3 is 0 Å². The van der Waals surface area contributed by atoms with Gasteiger partial charge in [0.2, 0.25) is 18.6 Å². The Morgan fingerprint density at radius 2 is 1.84 bits per heavy atom. The third kappa shape index (κ3) is 3.54. The lowest BCUT2D eigenvalue weighted by Crippen LogP contribution is -2.50. The summed E-state index contributed by atoms with van der Waals surface area (Å²) in [5, 5.41) is 4.74. The molecule has 1 fully saturated rings. The molecule has 9 nitrogen and oxygen atoms in total. The molecule has 0 saturated carbocycles. The van der Waals surface area contributed by atoms with Gasteiger partial charge in [-0.25, -0.2) is 4.98 Å². The summed E-state index contributed by atoms with van der Waals surface area (Å²) >= 11 is 0. The zero-order valence-electron chi connectivity index (χ0n) is 17.8. The van der Waals surface area contributed by atoms with E-state index in [1.165, 1.54) is 0 Å². The zero-order valence-corrected chi connectivity index (χ0v) is 17.8. The van der Waals surface area contributed by atoms with Crippen LogP contribution in [0.25, 0.3) is 17.0 Å². The van der Waals surface area contributed by atoms with Gasteiger partial charge in [-0.05, 0) is 37.1 Å². The molecule has 0 spiro atoms. The molecule has 0 N–H and O–H groups in total. The molecule has 5 rings (SSSR count). The van der Waals surface area contributed by atoms with Crippen molar-refractivity contribution in [1.29, 1.82) is 0 Å². The first-order valence-corrected chi connectivity index (χ1v) is 10.8. The first kappa shape index (κ1) is 19.6. The van der Waals surface area contributed by atoms with Crippen LogP contribution in [0.4, 0.5) is 5.95 Å². The fourth-order valence-corrected chi connectivity index (χ4v) is 4.21. The normalized spacial score (nSPS) is 15.8. The molecule has 2 aromatic heterocycles. The highest BCUT2D eigenvalue weighted by molar-refractivity contribution is 5.79. The number of aromatic nitrogens is 4. The predicted molar refractivity (Wildman–Crippen MR) is 115 cm³/mol. The van der Waals surface area contributed by atoms with Gasteiger partial charge < -0.3 is 19.3 Å². The lowest BCUT2D eigenvalue weighted by molar-refractivity contribution is -0.136. The molecule has 0 atom stereocenters. The Morgan fingerprint density at radius 1 is 1.06 bits per heavy atom. The Kier molecular flexibility index (Phi) is 5.09. The van der Waals surface area contributed by atoms with E-state index in [9.17, 15) is 4.79 Å². The minimum absolute atomic E-state index is 0.119. The molecule has 1 amide bonds. The van der Waals surface area contributed by atoms with E-state index >= 15 is 0 Å². The molecule has 0 bridgehead atoms. The largest absolute Gasteiger partial charge is 0.454 e. The Labute approximate surface area is 180 Å². The van der Waals surface area contributed by atoms with E-state index in [0.717, 1.165) is 35.6 Å². The lowest BCUT2D eigenvalue weighted by Gasteiger charge is -2.35. The molecule has 0 radical (unpaired) electrons. The second-order valence-corrected chi connectivity index (χ2v) is 7.85. The number of rotatable bonds is 5. The number of carbonyl (C=O) groups is 1. The van der Waals surface area contributed by atoms with Crippen molar-refractivity contribution >= 4 is 17.6 Å². The maximum atomic E-state index is 12.7. The third-order valence-corrected chi connectivity index (χ3v) is 6.11. The SMILES string of the molecule is CCC(CC)C(=O)N1CCN(c2nc3nccc(-c4ccc5c(c4)OCO5)n3n2)CC1. The summed E-state index contributed by atoms with van der Waals surface area (Å²) in [5.74, 6) is 3.03. The minimum atomic E-state index is 0.119. The van der Waals surface area contributed by atoms with Crippen molar-refractivity contribution in [2.75, 3.05) is 37.9 Å². The molecule has 9 heteroatoms. The molecular weight excluding hydrogens is 396 g/mol. The number of amides is 1. The number of piperazine rings is 1. The molecule has 2 aliphatic rings. The van der Waals surface area contributed by atoms with Crippen LogP contribution in [0.15, 0.2) is 30.5 Å². The van der Waals surface area contributed by atoms with Gasteiger partial charge in [0.05, 0.1) is 5.69 Å². The fourth-order valence-electron chi connectivity index (χ4n) is 4.21. The monoisotopic (exact) mass is 422 g/mol. The van der Waals surface area contributed by atoms with E-state index in [-0.39, 0.29) is 18.6 Å². The van der Waals surface area contributed by atoms with Crippen molar-refractivity contribution in [3.8, 4) is 22.8 Å². The smallest absolute Gasteiger partial charge is 0.254 e. The van der Waals surface area contributed by atoms with Gasteiger partial charge in [0.1, 0.15) is 0 Å². The molecule has 2 aliphatic heterocycles. The Bertz CT molecular complexity index is 1100. The number of carbonyl (C=O) groups excluding carboxylic acids is 1. The van der Waals surface area contributed by atoms with Crippen LogP contribution >= 0.6 is 0 Å². The number of benzene rings is 1. The van der Waals surface area contributed by atoms with Crippen LogP contribution in [0.2, 0.25) is 0 Å². The summed E-state index contributed by atoms with van der Waals surface area (Å²) in [6, 6.07) is 7.74. The number of hydrogen-bond acceptors (Lipinski definition) is 7. The summed E-state index contributed by atoms with van der Waals surface area (Å²) in [4.78, 5) is 25.8. The molecular formula is C22H26N6O3. The molecule has 0 unspecified atom stereocenters. The number of fused-ring (bicyclic) bond motifs is 2. The van der Waals surface area contributed by atoms with Crippen LogP contribution in [0.3, 0.4) is 0 Å². The molecule has 1 aromatic carbocycles. The van der Waals surface area contributed by atoms with E-state index < -0.39 is 0 Å². The van der Waals surface area contributed by atoms with Crippen LogP contribution in [0, 0.1) is 5.92 Å². The summed E-state index contributed by atoms with van der Waals surface area (Å²) in [6.07, 6.45) is 3.51. The van der Waals surface area contributed by atoms with Gasteiger partial charge in [-0.3, -0.25) is 4.79 Å². The first-order valence-electron chi connectivity index (χ1n) is 10.8. The van der Waals surface area contributed by atoms with Gasteiger partial charge in [0.25, 0.3) is 5.78 Å². The van der Waals surface area contributed by atoms with Crippen molar-refractivity contribution < 1.29 is 14.3 Å². The van der Waals surface area contributed by atoms with Gasteiger partial charge in [-0.15, -0.1) is 5.10 Å². The number of ether oxygens (including phenoxy) is 2. The molecule has 0 aliphatic carbocycles. The van der Waals surface area contributed by atoms with Crippen molar-refractivity contribution in [1.82, 2.24) is 24.5 Å². The van der Waals surface area contributed by atoms with Crippen molar-refractivity contribution in [3.63, 3.8) is 0 Å². The van der Waals surface area contributed by atoms with Crippen LogP contribution < -0.4 is 14.4 Å². The van der Waals surface area contributed by atoms with Crippen LogP contribution in [0.1, 0.15) is 26.7 Å². The quantitative estimate of drug-likeness (QED) is 0.625. The van der Waals surface area contributed by atoms with Crippen molar-refractivity contribution in [2.24, 2.45) is 5.92 Å². The zero-order chi connectivity index (χ0) is 21.4. The summed E-state index contributed by atoms with van der Waals surface area (Å²) in [6.45, 7) is 7.19. The highest BCUT2D eigenvalue weighted by Crippen LogP contribution is 2.35. The summed E-state index contributed by atoms with van der Waals surface area (Å²) < 4.78 is 12.7. The fraction of sp³-hybridized carbons (Fsp3) is 0.455. The Hall–Kier alpha value is -3.36. The molecule has 31 heavy (non-hydrogen) atoms. The number of hydrogen-bond donors (Lipinski definition) is 0. The topological polar surface area (TPSA) is 85.1 Å². The average molecular weight is 422 g/mol. The second-order valence-electron chi connectivity index (χ2n) is 7.85. The second kappa shape index (κ2) is 8.05. The first-order chi connectivity index (χ1) is 15.2.